The van der Waals surface area contributed by atoms with Crippen LogP contribution in [0, 0.1) is 5.82 Å². The average Bonchev–Trinajstić information content (AvgIpc) is 2.80. The molecule has 0 aliphatic carbocycles. The van der Waals surface area contributed by atoms with E-state index in [1.165, 1.54) is 24.1 Å². The third-order valence-corrected chi connectivity index (χ3v) is 3.12. The van der Waals surface area contributed by atoms with E-state index in [9.17, 15) is 14.0 Å². The number of benzene rings is 1. The Bertz CT molecular complexity index is 535. The number of rotatable bonds is 4. The number of urea groups is 1. The summed E-state index contributed by atoms with van der Waals surface area (Å²) in [4.78, 5) is 24.4. The number of nitrogens with one attached hydrogen (secondary N) is 1. The molecule has 0 saturated carbocycles. The highest BCUT2D eigenvalue weighted by atomic mass is 19.1. The maximum absolute atomic E-state index is 13.2. The van der Waals surface area contributed by atoms with Crippen LogP contribution in [-0.2, 0) is 16.0 Å². The molecule has 0 fully saturated rings. The molecule has 0 aromatic heterocycles. The van der Waals surface area contributed by atoms with Gasteiger partial charge >= 0.3 is 12.0 Å². The van der Waals surface area contributed by atoms with Crippen LogP contribution in [-0.4, -0.2) is 43.4 Å². The van der Waals surface area contributed by atoms with E-state index in [0.717, 1.165) is 5.56 Å². The average molecular weight is 282 g/mol. The molecular formula is C13H15FN2O4. The van der Waals surface area contributed by atoms with Crippen LogP contribution >= 0.6 is 0 Å². The van der Waals surface area contributed by atoms with Gasteiger partial charge in [-0.05, 0) is 24.1 Å². The second-order valence-electron chi connectivity index (χ2n) is 4.47. The monoisotopic (exact) mass is 282 g/mol. The summed E-state index contributed by atoms with van der Waals surface area (Å²) < 4.78 is 18.0. The SMILES string of the molecule is COCC(NC(=O)N1CCc2ccc(F)cc21)C(=O)O. The third-order valence-electron chi connectivity index (χ3n) is 3.12. The Labute approximate surface area is 115 Å². The summed E-state index contributed by atoms with van der Waals surface area (Å²) in [6.07, 6.45) is 0.616. The molecule has 1 aliphatic rings. The van der Waals surface area contributed by atoms with Crippen molar-refractivity contribution >= 4 is 17.7 Å². The first-order valence-electron chi connectivity index (χ1n) is 6.11. The van der Waals surface area contributed by atoms with Crippen LogP contribution in [0.1, 0.15) is 5.56 Å². The number of ether oxygens (including phenoxy) is 1. The molecule has 0 spiro atoms. The summed E-state index contributed by atoms with van der Waals surface area (Å²) in [5.74, 6) is -1.62. The van der Waals surface area contributed by atoms with E-state index in [1.807, 2.05) is 0 Å². The number of anilines is 1. The number of carbonyl (C=O) groups is 2. The summed E-state index contributed by atoms with van der Waals surface area (Å²) in [5, 5.41) is 11.3. The first-order valence-corrected chi connectivity index (χ1v) is 6.11. The van der Waals surface area contributed by atoms with Gasteiger partial charge in [0.15, 0.2) is 6.04 Å². The number of fused-ring (bicyclic) bond motifs is 1. The molecule has 108 valence electrons. The summed E-state index contributed by atoms with van der Waals surface area (Å²) >= 11 is 0. The maximum atomic E-state index is 13.2. The lowest BCUT2D eigenvalue weighted by Crippen LogP contribution is -2.49. The Morgan fingerprint density at radius 3 is 2.95 bits per heavy atom. The van der Waals surface area contributed by atoms with Crippen LogP contribution in [0.3, 0.4) is 0 Å². The number of carboxylic acid groups (broad SMARTS) is 1. The lowest BCUT2D eigenvalue weighted by molar-refractivity contribution is -0.140. The molecule has 1 aromatic carbocycles. The Hall–Kier alpha value is -2.15. The number of aliphatic carboxylic acids is 1. The predicted octanol–water partition coefficient (Wildman–Crippen LogP) is 0.997. The predicted molar refractivity (Wildman–Crippen MR) is 69.3 cm³/mol. The highest BCUT2D eigenvalue weighted by Gasteiger charge is 2.28. The van der Waals surface area contributed by atoms with Crippen LogP contribution < -0.4 is 10.2 Å². The molecule has 1 unspecified atom stereocenters. The quantitative estimate of drug-likeness (QED) is 0.863. The van der Waals surface area contributed by atoms with Crippen LogP contribution in [0.5, 0.6) is 0 Å². The second-order valence-corrected chi connectivity index (χ2v) is 4.47. The van der Waals surface area contributed by atoms with Crippen LogP contribution in [0.15, 0.2) is 18.2 Å². The molecule has 1 aromatic rings. The molecule has 6 nitrogen and oxygen atoms in total. The molecule has 0 radical (unpaired) electrons. The zero-order chi connectivity index (χ0) is 14.7. The summed E-state index contributed by atoms with van der Waals surface area (Å²) in [6, 6.07) is 2.53. The minimum absolute atomic E-state index is 0.134. The lowest BCUT2D eigenvalue weighted by atomic mass is 10.2. The smallest absolute Gasteiger partial charge is 0.328 e. The highest BCUT2D eigenvalue weighted by molar-refractivity contribution is 5.96. The van der Waals surface area contributed by atoms with Gasteiger partial charge in [-0.25, -0.2) is 14.0 Å². The first kappa shape index (κ1) is 14.3. The third kappa shape index (κ3) is 2.88. The number of halogens is 1. The van der Waals surface area contributed by atoms with Gasteiger partial charge in [-0.2, -0.15) is 0 Å². The molecule has 1 aliphatic heterocycles. The number of carbonyl (C=O) groups excluding carboxylic acids is 1. The molecular weight excluding hydrogens is 267 g/mol. The summed E-state index contributed by atoms with van der Waals surface area (Å²) in [6.45, 7) is 0.259. The van der Waals surface area contributed by atoms with Gasteiger partial charge in [0.05, 0.1) is 12.3 Å². The fourth-order valence-electron chi connectivity index (χ4n) is 2.13. The van der Waals surface area contributed by atoms with E-state index in [0.29, 0.717) is 18.7 Å². The van der Waals surface area contributed by atoms with Crippen LogP contribution in [0.4, 0.5) is 14.9 Å². The Morgan fingerprint density at radius 2 is 2.30 bits per heavy atom. The topological polar surface area (TPSA) is 78.9 Å². The zero-order valence-electron chi connectivity index (χ0n) is 10.9. The molecule has 1 heterocycles. The zero-order valence-corrected chi connectivity index (χ0v) is 10.9. The maximum Gasteiger partial charge on any atom is 0.328 e. The van der Waals surface area contributed by atoms with Crippen molar-refractivity contribution in [3.05, 3.63) is 29.6 Å². The molecule has 0 bridgehead atoms. The van der Waals surface area contributed by atoms with Gasteiger partial charge in [0.25, 0.3) is 0 Å². The van der Waals surface area contributed by atoms with Crippen molar-refractivity contribution in [3.63, 3.8) is 0 Å². The number of hydrogen-bond donors (Lipinski definition) is 2. The molecule has 7 heteroatoms. The van der Waals surface area contributed by atoms with Crippen molar-refractivity contribution in [1.82, 2.24) is 5.32 Å². The largest absolute Gasteiger partial charge is 0.480 e. The second kappa shape index (κ2) is 5.87. The molecule has 2 rings (SSSR count). The van der Waals surface area contributed by atoms with Gasteiger partial charge < -0.3 is 15.2 Å². The van der Waals surface area contributed by atoms with E-state index < -0.39 is 23.9 Å². The normalized spacial score (nSPS) is 14.8. The fraction of sp³-hybridized carbons (Fsp3) is 0.385. The summed E-state index contributed by atoms with van der Waals surface area (Å²) in [7, 11) is 1.35. The van der Waals surface area contributed by atoms with Gasteiger partial charge in [-0.3, -0.25) is 4.90 Å². The Kier molecular flexibility index (Phi) is 4.19. The Morgan fingerprint density at radius 1 is 1.55 bits per heavy atom. The van der Waals surface area contributed by atoms with Crippen molar-refractivity contribution in [3.8, 4) is 0 Å². The molecule has 1 atom stereocenters. The van der Waals surface area contributed by atoms with Gasteiger partial charge in [0.1, 0.15) is 5.82 Å². The molecule has 2 N–H and O–H groups in total. The fourth-order valence-corrected chi connectivity index (χ4v) is 2.13. The van der Waals surface area contributed by atoms with E-state index >= 15 is 0 Å². The summed E-state index contributed by atoms with van der Waals surface area (Å²) in [5.41, 5.74) is 1.34. The Balaban J connectivity index is 2.12. The minimum atomic E-state index is -1.18. The van der Waals surface area contributed by atoms with Gasteiger partial charge in [-0.15, -0.1) is 0 Å². The number of amides is 2. The number of nitrogens with zero attached hydrogens (tertiary/aromatic N) is 1. The van der Waals surface area contributed by atoms with Crippen molar-refractivity contribution in [1.29, 1.82) is 0 Å². The molecule has 2 amide bonds. The van der Waals surface area contributed by atoms with Crippen LogP contribution in [0.25, 0.3) is 0 Å². The highest BCUT2D eigenvalue weighted by Crippen LogP contribution is 2.28. The van der Waals surface area contributed by atoms with Crippen molar-refractivity contribution in [2.24, 2.45) is 0 Å². The van der Waals surface area contributed by atoms with Crippen LogP contribution in [0.2, 0.25) is 0 Å². The first-order chi connectivity index (χ1) is 9.52. The van der Waals surface area contributed by atoms with Crippen molar-refractivity contribution in [2.45, 2.75) is 12.5 Å². The van der Waals surface area contributed by atoms with E-state index in [4.69, 9.17) is 9.84 Å². The van der Waals surface area contributed by atoms with Gasteiger partial charge in [-0.1, -0.05) is 6.07 Å². The molecule has 20 heavy (non-hydrogen) atoms. The lowest BCUT2D eigenvalue weighted by Gasteiger charge is -2.21. The number of carboxylic acids is 1. The minimum Gasteiger partial charge on any atom is -0.480 e. The van der Waals surface area contributed by atoms with Gasteiger partial charge in [0.2, 0.25) is 0 Å². The molecule has 0 saturated heterocycles. The van der Waals surface area contributed by atoms with Gasteiger partial charge in [0, 0.05) is 13.7 Å². The van der Waals surface area contributed by atoms with E-state index in [2.05, 4.69) is 5.32 Å². The standard InChI is InChI=1S/C13H15FN2O4/c1-20-7-10(12(17)18)15-13(19)16-5-4-8-2-3-9(14)6-11(8)16/h2-3,6,10H,4-5,7H2,1H3,(H,15,19)(H,17,18). The number of methoxy groups -OCH3 is 1. The van der Waals surface area contributed by atoms with E-state index in [1.54, 1.807) is 6.07 Å². The van der Waals surface area contributed by atoms with E-state index in [-0.39, 0.29) is 6.61 Å². The van der Waals surface area contributed by atoms with Crippen molar-refractivity contribution < 1.29 is 23.8 Å². The number of hydrogen-bond acceptors (Lipinski definition) is 3. The van der Waals surface area contributed by atoms with Crippen molar-refractivity contribution in [2.75, 3.05) is 25.2 Å².